The summed E-state index contributed by atoms with van der Waals surface area (Å²) in [5.41, 5.74) is -0.247. The first kappa shape index (κ1) is 10.6. The van der Waals surface area contributed by atoms with Gasteiger partial charge in [-0.15, -0.1) is 0 Å². The molecule has 0 spiro atoms. The van der Waals surface area contributed by atoms with E-state index in [2.05, 4.69) is 19.0 Å². The second-order valence-corrected chi connectivity index (χ2v) is 3.17. The van der Waals surface area contributed by atoms with Crippen LogP contribution in [0, 0.1) is 4.91 Å². The van der Waals surface area contributed by atoms with Crippen LogP contribution in [0.1, 0.15) is 52.9 Å². The summed E-state index contributed by atoms with van der Waals surface area (Å²) in [5, 5.41) is 3.27. The monoisotopic (exact) mass is 157 g/mol. The molecule has 0 fully saturated rings. The fraction of sp³-hybridized carbons (Fsp3) is 1.00. The SMILES string of the molecule is CCCC(CC)(CCC)N=O. The molecule has 11 heavy (non-hydrogen) atoms. The molecule has 0 aromatic rings. The first-order valence-electron chi connectivity index (χ1n) is 4.59. The summed E-state index contributed by atoms with van der Waals surface area (Å²) in [6, 6.07) is 0. The normalized spacial score (nSPS) is 11.5. The van der Waals surface area contributed by atoms with Crippen LogP contribution in [0.4, 0.5) is 0 Å². The Labute approximate surface area is 69.4 Å². The van der Waals surface area contributed by atoms with Crippen molar-refractivity contribution in [3.05, 3.63) is 4.91 Å². The summed E-state index contributed by atoms with van der Waals surface area (Å²) in [6.07, 6.45) is 4.89. The predicted octanol–water partition coefficient (Wildman–Crippen LogP) is 3.50. The molecule has 2 nitrogen and oxygen atoms in total. The zero-order valence-corrected chi connectivity index (χ0v) is 7.89. The first-order chi connectivity index (χ1) is 5.24. The molecule has 0 unspecified atom stereocenters. The molecule has 0 rings (SSSR count). The molecule has 0 radical (unpaired) electrons. The minimum absolute atomic E-state index is 0.247. The quantitative estimate of drug-likeness (QED) is 0.542. The van der Waals surface area contributed by atoms with Crippen LogP contribution in [0.5, 0.6) is 0 Å². The summed E-state index contributed by atoms with van der Waals surface area (Å²) in [6.45, 7) is 6.25. The van der Waals surface area contributed by atoms with Gasteiger partial charge in [-0.25, -0.2) is 0 Å². The summed E-state index contributed by atoms with van der Waals surface area (Å²) >= 11 is 0. The zero-order chi connectivity index (χ0) is 8.74. The van der Waals surface area contributed by atoms with Crippen LogP contribution in [0.15, 0.2) is 5.18 Å². The van der Waals surface area contributed by atoms with Gasteiger partial charge < -0.3 is 0 Å². The fourth-order valence-electron chi connectivity index (χ4n) is 1.57. The molecule has 0 atom stereocenters. The third kappa shape index (κ3) is 3.00. The van der Waals surface area contributed by atoms with Gasteiger partial charge in [-0.05, 0) is 19.3 Å². The highest BCUT2D eigenvalue weighted by Crippen LogP contribution is 2.27. The van der Waals surface area contributed by atoms with Crippen molar-refractivity contribution >= 4 is 0 Å². The lowest BCUT2D eigenvalue weighted by molar-refractivity contribution is 0.346. The largest absolute Gasteiger partial charge is 0.150 e. The average molecular weight is 157 g/mol. The van der Waals surface area contributed by atoms with E-state index in [0.29, 0.717) is 0 Å². The molecule has 0 aliphatic carbocycles. The number of nitroso groups, excluding NO2 is 1. The lowest BCUT2D eigenvalue weighted by Gasteiger charge is -2.23. The van der Waals surface area contributed by atoms with Crippen LogP contribution in [-0.2, 0) is 0 Å². The number of hydrogen-bond acceptors (Lipinski definition) is 2. The fourth-order valence-corrected chi connectivity index (χ4v) is 1.57. The smallest absolute Gasteiger partial charge is 0.102 e. The lowest BCUT2D eigenvalue weighted by atomic mass is 9.87. The molecule has 0 heterocycles. The van der Waals surface area contributed by atoms with Crippen LogP contribution in [0.25, 0.3) is 0 Å². The molecule has 66 valence electrons. The minimum atomic E-state index is -0.247. The molecule has 0 bridgehead atoms. The molecule has 0 N–H and O–H groups in total. The molecule has 0 aromatic heterocycles. The molecule has 0 saturated heterocycles. The van der Waals surface area contributed by atoms with E-state index in [0.717, 1.165) is 32.1 Å². The van der Waals surface area contributed by atoms with Gasteiger partial charge in [0.05, 0.1) is 0 Å². The second kappa shape index (κ2) is 5.28. The Morgan fingerprint density at radius 1 is 1.09 bits per heavy atom. The maximum atomic E-state index is 10.6. The van der Waals surface area contributed by atoms with Gasteiger partial charge in [-0.3, -0.25) is 0 Å². The Bertz CT molecular complexity index is 106. The maximum absolute atomic E-state index is 10.6. The first-order valence-corrected chi connectivity index (χ1v) is 4.59. The number of hydrogen-bond donors (Lipinski definition) is 0. The minimum Gasteiger partial charge on any atom is -0.150 e. The van der Waals surface area contributed by atoms with Crippen molar-refractivity contribution in [2.24, 2.45) is 5.18 Å². The summed E-state index contributed by atoms with van der Waals surface area (Å²) < 4.78 is 0. The van der Waals surface area contributed by atoms with Crippen molar-refractivity contribution in [3.8, 4) is 0 Å². The van der Waals surface area contributed by atoms with E-state index in [9.17, 15) is 4.91 Å². The zero-order valence-electron chi connectivity index (χ0n) is 7.89. The van der Waals surface area contributed by atoms with Crippen LogP contribution >= 0.6 is 0 Å². The van der Waals surface area contributed by atoms with E-state index in [1.807, 2.05) is 6.92 Å². The van der Waals surface area contributed by atoms with E-state index in [-0.39, 0.29) is 5.54 Å². The van der Waals surface area contributed by atoms with Gasteiger partial charge in [-0.2, -0.15) is 4.91 Å². The van der Waals surface area contributed by atoms with E-state index < -0.39 is 0 Å². The van der Waals surface area contributed by atoms with Gasteiger partial charge in [0, 0.05) is 0 Å². The van der Waals surface area contributed by atoms with Gasteiger partial charge in [0.25, 0.3) is 0 Å². The summed E-state index contributed by atoms with van der Waals surface area (Å²) in [4.78, 5) is 10.6. The van der Waals surface area contributed by atoms with Crippen LogP contribution < -0.4 is 0 Å². The summed E-state index contributed by atoms with van der Waals surface area (Å²) in [7, 11) is 0. The van der Waals surface area contributed by atoms with Gasteiger partial charge in [-0.1, -0.05) is 38.8 Å². The second-order valence-electron chi connectivity index (χ2n) is 3.17. The Kier molecular flexibility index (Phi) is 5.08. The molecule has 0 aromatic carbocycles. The highest BCUT2D eigenvalue weighted by Gasteiger charge is 2.26. The molecular weight excluding hydrogens is 138 g/mol. The highest BCUT2D eigenvalue weighted by atomic mass is 16.3. The van der Waals surface area contributed by atoms with Gasteiger partial charge >= 0.3 is 0 Å². The molecule has 0 aliphatic heterocycles. The molecular formula is C9H19NO. The van der Waals surface area contributed by atoms with Crippen molar-refractivity contribution in [2.45, 2.75) is 58.4 Å². The van der Waals surface area contributed by atoms with Crippen LogP contribution in [0.2, 0.25) is 0 Å². The molecule has 2 heteroatoms. The number of nitrogens with zero attached hydrogens (tertiary/aromatic N) is 1. The van der Waals surface area contributed by atoms with Crippen molar-refractivity contribution < 1.29 is 0 Å². The third-order valence-corrected chi connectivity index (χ3v) is 2.28. The third-order valence-electron chi connectivity index (χ3n) is 2.28. The Morgan fingerprint density at radius 3 is 1.73 bits per heavy atom. The van der Waals surface area contributed by atoms with Crippen LogP contribution in [-0.4, -0.2) is 5.54 Å². The molecule has 0 aliphatic rings. The molecule has 0 amide bonds. The van der Waals surface area contributed by atoms with Crippen molar-refractivity contribution in [3.63, 3.8) is 0 Å². The predicted molar refractivity (Wildman–Crippen MR) is 48.6 cm³/mol. The van der Waals surface area contributed by atoms with Gasteiger partial charge in [0.2, 0.25) is 0 Å². The Morgan fingerprint density at radius 2 is 1.55 bits per heavy atom. The maximum Gasteiger partial charge on any atom is 0.102 e. The van der Waals surface area contributed by atoms with E-state index in [4.69, 9.17) is 0 Å². The van der Waals surface area contributed by atoms with E-state index in [1.54, 1.807) is 0 Å². The topological polar surface area (TPSA) is 29.4 Å². The average Bonchev–Trinajstić information content (AvgIpc) is 2.04. The number of rotatable bonds is 6. The van der Waals surface area contributed by atoms with Crippen LogP contribution in [0.3, 0.4) is 0 Å². The van der Waals surface area contributed by atoms with E-state index in [1.165, 1.54) is 0 Å². The molecule has 0 saturated carbocycles. The standard InChI is InChI=1S/C9H19NO/c1-4-7-9(6-3,10-11)8-5-2/h4-8H2,1-3H3. The van der Waals surface area contributed by atoms with Gasteiger partial charge in [0.15, 0.2) is 0 Å². The van der Waals surface area contributed by atoms with E-state index >= 15 is 0 Å². The van der Waals surface area contributed by atoms with Crippen molar-refractivity contribution in [1.82, 2.24) is 0 Å². The van der Waals surface area contributed by atoms with Gasteiger partial charge in [0.1, 0.15) is 5.54 Å². The Balaban J connectivity index is 4.07. The Hall–Kier alpha value is -0.400. The highest BCUT2D eigenvalue weighted by molar-refractivity contribution is 4.84. The van der Waals surface area contributed by atoms with Crippen molar-refractivity contribution in [1.29, 1.82) is 0 Å². The summed E-state index contributed by atoms with van der Waals surface area (Å²) in [5.74, 6) is 0. The lowest BCUT2D eigenvalue weighted by Crippen LogP contribution is -2.24. The van der Waals surface area contributed by atoms with Crippen molar-refractivity contribution in [2.75, 3.05) is 0 Å².